The average Bonchev–Trinajstić information content (AvgIpc) is 2.69. The van der Waals surface area contributed by atoms with E-state index in [0.717, 1.165) is 22.3 Å². The summed E-state index contributed by atoms with van der Waals surface area (Å²) in [5.41, 5.74) is 4.64. The number of aliphatic hydroxyl groups excluding tert-OH is 1. The largest absolute Gasteiger partial charge is 0.472 e. The van der Waals surface area contributed by atoms with E-state index in [0.29, 0.717) is 42.5 Å². The fourth-order valence-electron chi connectivity index (χ4n) is 3.82. The Kier molecular flexibility index (Phi) is 5.27. The van der Waals surface area contributed by atoms with E-state index in [4.69, 9.17) is 21.1 Å². The highest BCUT2D eigenvalue weighted by atomic mass is 35.5. The zero-order chi connectivity index (χ0) is 19.8. The Morgan fingerprint density at radius 2 is 2.14 bits per heavy atom. The number of hydrogen-bond donors (Lipinski definition) is 1. The molecule has 1 aromatic heterocycles. The van der Waals surface area contributed by atoms with Gasteiger partial charge in [-0.25, -0.2) is 4.98 Å². The number of carbonyl (C=O) groups excluding carboxylic acids is 1. The third-order valence-corrected chi connectivity index (χ3v) is 5.89. The molecule has 2 aliphatic rings. The molecule has 1 aromatic carbocycles. The summed E-state index contributed by atoms with van der Waals surface area (Å²) in [6.07, 6.45) is 2.31. The summed E-state index contributed by atoms with van der Waals surface area (Å²) in [7, 11) is 0. The summed E-state index contributed by atoms with van der Waals surface area (Å²) < 4.78 is 11.4. The lowest BCUT2D eigenvalue weighted by Gasteiger charge is -2.40. The first-order valence-electron chi connectivity index (χ1n) is 9.38. The van der Waals surface area contributed by atoms with E-state index in [-0.39, 0.29) is 18.7 Å². The number of aromatic nitrogens is 1. The summed E-state index contributed by atoms with van der Waals surface area (Å²) in [5.74, 6) is 0.498. The molecule has 148 valence electrons. The Bertz CT molecular complexity index is 900. The van der Waals surface area contributed by atoms with Crippen molar-refractivity contribution in [3.05, 3.63) is 57.4 Å². The minimum atomic E-state index is -0.603. The van der Waals surface area contributed by atoms with Gasteiger partial charge >= 0.3 is 0 Å². The molecule has 0 bridgehead atoms. The number of pyridine rings is 1. The van der Waals surface area contributed by atoms with Crippen LogP contribution in [0.25, 0.3) is 0 Å². The summed E-state index contributed by atoms with van der Waals surface area (Å²) in [6.45, 7) is 4.96. The molecule has 1 saturated heterocycles. The van der Waals surface area contributed by atoms with E-state index in [1.165, 1.54) is 0 Å². The van der Waals surface area contributed by atoms with Crippen molar-refractivity contribution in [2.75, 3.05) is 19.9 Å². The Labute approximate surface area is 169 Å². The number of halogens is 1. The van der Waals surface area contributed by atoms with E-state index >= 15 is 0 Å². The predicted molar refractivity (Wildman–Crippen MR) is 105 cm³/mol. The third-order valence-electron chi connectivity index (χ3n) is 5.66. The monoisotopic (exact) mass is 402 g/mol. The van der Waals surface area contributed by atoms with Gasteiger partial charge in [0.1, 0.15) is 10.9 Å². The first kappa shape index (κ1) is 19.2. The van der Waals surface area contributed by atoms with Gasteiger partial charge in [0.2, 0.25) is 0 Å². The Hall–Kier alpha value is -2.15. The van der Waals surface area contributed by atoms with Crippen molar-refractivity contribution in [3.63, 3.8) is 0 Å². The van der Waals surface area contributed by atoms with Gasteiger partial charge in [-0.05, 0) is 61.1 Å². The molecule has 1 N–H and O–H groups in total. The van der Waals surface area contributed by atoms with Crippen molar-refractivity contribution in [1.29, 1.82) is 0 Å². The van der Waals surface area contributed by atoms with Crippen LogP contribution >= 0.6 is 11.6 Å². The average molecular weight is 403 g/mol. The summed E-state index contributed by atoms with van der Waals surface area (Å²) in [5, 5.41) is 10.8. The van der Waals surface area contributed by atoms with E-state index in [1.807, 2.05) is 26.0 Å². The molecule has 2 aliphatic heterocycles. The molecule has 0 spiro atoms. The molecule has 0 unspecified atom stereocenters. The van der Waals surface area contributed by atoms with Crippen LogP contribution in [0.4, 0.5) is 0 Å². The number of nitrogens with zero attached hydrogens (tertiary/aromatic N) is 2. The van der Waals surface area contributed by atoms with Gasteiger partial charge in [-0.3, -0.25) is 9.69 Å². The SMILES string of the molecule is Cc1c(Cc2ccc(Cl)nc2)cc2c(c1C)OCN([C@H]1COCC[C@@H]1O)C2=O. The fourth-order valence-corrected chi connectivity index (χ4v) is 3.94. The molecule has 0 aliphatic carbocycles. The van der Waals surface area contributed by atoms with Crippen molar-refractivity contribution in [3.8, 4) is 5.75 Å². The lowest BCUT2D eigenvalue weighted by Crippen LogP contribution is -2.55. The Morgan fingerprint density at radius 1 is 1.32 bits per heavy atom. The number of fused-ring (bicyclic) bond motifs is 1. The fraction of sp³-hybridized carbons (Fsp3) is 0.429. The lowest BCUT2D eigenvalue weighted by atomic mass is 9.92. The van der Waals surface area contributed by atoms with Crippen LogP contribution in [-0.2, 0) is 11.2 Å². The standard InChI is InChI=1S/C21H23ClN2O4/c1-12-13(2)20-16(8-15(12)7-14-3-4-19(22)23-9-14)21(26)24(11-28-20)17-10-27-6-5-18(17)25/h3-4,8-9,17-18,25H,5-7,10-11H2,1-2H3/t17-,18-/m0/s1. The molecule has 2 aromatic rings. The van der Waals surface area contributed by atoms with Crippen LogP contribution < -0.4 is 4.74 Å². The van der Waals surface area contributed by atoms with Crippen LogP contribution in [0, 0.1) is 13.8 Å². The highest BCUT2D eigenvalue weighted by Gasteiger charge is 2.37. The smallest absolute Gasteiger partial charge is 0.260 e. The zero-order valence-corrected chi connectivity index (χ0v) is 16.7. The van der Waals surface area contributed by atoms with Crippen molar-refractivity contribution >= 4 is 17.5 Å². The zero-order valence-electron chi connectivity index (χ0n) is 15.9. The molecule has 0 radical (unpaired) electrons. The second-order valence-electron chi connectivity index (χ2n) is 7.37. The molecular weight excluding hydrogens is 380 g/mol. The second kappa shape index (κ2) is 7.70. The van der Waals surface area contributed by atoms with Gasteiger partial charge in [0.25, 0.3) is 5.91 Å². The van der Waals surface area contributed by atoms with Crippen LogP contribution in [0.5, 0.6) is 5.75 Å². The van der Waals surface area contributed by atoms with Gasteiger partial charge in [0.05, 0.1) is 24.3 Å². The highest BCUT2D eigenvalue weighted by molar-refractivity contribution is 6.29. The summed E-state index contributed by atoms with van der Waals surface area (Å²) in [4.78, 5) is 18.9. The molecule has 3 heterocycles. The number of rotatable bonds is 3. The van der Waals surface area contributed by atoms with E-state index in [2.05, 4.69) is 4.98 Å². The maximum Gasteiger partial charge on any atom is 0.260 e. The van der Waals surface area contributed by atoms with Crippen LogP contribution in [0.3, 0.4) is 0 Å². The molecule has 0 saturated carbocycles. The molecule has 1 fully saturated rings. The molecule has 28 heavy (non-hydrogen) atoms. The molecular formula is C21H23ClN2O4. The van der Waals surface area contributed by atoms with Gasteiger partial charge in [-0.1, -0.05) is 17.7 Å². The molecule has 2 atom stereocenters. The van der Waals surface area contributed by atoms with E-state index in [9.17, 15) is 9.90 Å². The molecule has 4 rings (SSSR count). The van der Waals surface area contributed by atoms with Gasteiger partial charge in [-0.2, -0.15) is 0 Å². The number of benzene rings is 1. The van der Waals surface area contributed by atoms with Gasteiger partial charge in [-0.15, -0.1) is 0 Å². The Balaban J connectivity index is 1.67. The second-order valence-corrected chi connectivity index (χ2v) is 7.76. The van der Waals surface area contributed by atoms with Crippen LogP contribution in [-0.4, -0.2) is 53.0 Å². The number of amides is 1. The van der Waals surface area contributed by atoms with Gasteiger partial charge in [0.15, 0.2) is 6.73 Å². The minimum Gasteiger partial charge on any atom is -0.472 e. The van der Waals surface area contributed by atoms with Crippen molar-refractivity contribution in [1.82, 2.24) is 9.88 Å². The summed E-state index contributed by atoms with van der Waals surface area (Å²) >= 11 is 5.88. The number of ether oxygens (including phenoxy) is 2. The number of carbonyl (C=O) groups is 1. The molecule has 7 heteroatoms. The quantitative estimate of drug-likeness (QED) is 0.799. The minimum absolute atomic E-state index is 0.123. The maximum atomic E-state index is 13.2. The summed E-state index contributed by atoms with van der Waals surface area (Å²) in [6, 6.07) is 5.21. The third kappa shape index (κ3) is 3.48. The first-order valence-corrected chi connectivity index (χ1v) is 9.76. The first-order chi connectivity index (χ1) is 13.5. The van der Waals surface area contributed by atoms with Crippen LogP contribution in [0.1, 0.15) is 39.0 Å². The van der Waals surface area contributed by atoms with Crippen LogP contribution in [0.2, 0.25) is 5.15 Å². The van der Waals surface area contributed by atoms with E-state index < -0.39 is 6.10 Å². The molecule has 6 nitrogen and oxygen atoms in total. The van der Waals surface area contributed by atoms with Gasteiger partial charge in [0, 0.05) is 12.8 Å². The lowest BCUT2D eigenvalue weighted by molar-refractivity contribution is -0.0697. The molecule has 1 amide bonds. The van der Waals surface area contributed by atoms with Crippen LogP contribution in [0.15, 0.2) is 24.4 Å². The highest BCUT2D eigenvalue weighted by Crippen LogP contribution is 2.35. The topological polar surface area (TPSA) is 71.9 Å². The number of hydrogen-bond acceptors (Lipinski definition) is 5. The van der Waals surface area contributed by atoms with Crippen molar-refractivity contribution in [2.45, 2.75) is 38.8 Å². The number of aliphatic hydroxyl groups is 1. The predicted octanol–water partition coefficient (Wildman–Crippen LogP) is 2.88. The Morgan fingerprint density at radius 3 is 2.86 bits per heavy atom. The van der Waals surface area contributed by atoms with Gasteiger partial charge < -0.3 is 14.6 Å². The van der Waals surface area contributed by atoms with Crippen molar-refractivity contribution in [2.24, 2.45) is 0 Å². The van der Waals surface area contributed by atoms with E-state index in [1.54, 1.807) is 17.2 Å². The maximum absolute atomic E-state index is 13.2. The van der Waals surface area contributed by atoms with Crippen molar-refractivity contribution < 1.29 is 19.4 Å². The normalized spacial score (nSPS) is 22.0.